The first-order valence-electron chi connectivity index (χ1n) is 8.25. The maximum absolute atomic E-state index is 12.8. The first-order chi connectivity index (χ1) is 14.1. The van der Waals surface area contributed by atoms with Crippen molar-refractivity contribution in [3.05, 3.63) is 93.0 Å². The van der Waals surface area contributed by atoms with E-state index >= 15 is 0 Å². The van der Waals surface area contributed by atoms with E-state index in [1.54, 1.807) is 30.3 Å². The van der Waals surface area contributed by atoms with Gasteiger partial charge >= 0.3 is 6.18 Å². The van der Waals surface area contributed by atoms with Gasteiger partial charge in [-0.15, -0.1) is 0 Å². The van der Waals surface area contributed by atoms with Gasteiger partial charge in [0.1, 0.15) is 17.1 Å². The number of rotatable bonds is 5. The smallest absolute Gasteiger partial charge is 0.416 e. The minimum Gasteiger partial charge on any atom is -0.456 e. The van der Waals surface area contributed by atoms with Gasteiger partial charge in [-0.25, -0.2) is 0 Å². The van der Waals surface area contributed by atoms with Crippen LogP contribution < -0.4 is 4.74 Å². The molecule has 0 amide bonds. The summed E-state index contributed by atoms with van der Waals surface area (Å²) in [5, 5.41) is 10.4. The van der Waals surface area contributed by atoms with Crippen molar-refractivity contribution >= 4 is 34.2 Å². The number of carbonyl (C=O) groups excluding carboxylic acids is 1. The Morgan fingerprint density at radius 2 is 1.73 bits per heavy atom. The molecule has 0 fully saturated rings. The van der Waals surface area contributed by atoms with Crippen LogP contribution in [0.3, 0.4) is 0 Å². The molecule has 0 bridgehead atoms. The van der Waals surface area contributed by atoms with Crippen LogP contribution in [0.1, 0.15) is 15.9 Å². The fourth-order valence-electron chi connectivity index (χ4n) is 2.44. The lowest BCUT2D eigenvalue weighted by Gasteiger charge is -2.12. The van der Waals surface area contributed by atoms with E-state index in [1.807, 2.05) is 0 Å². The highest BCUT2D eigenvalue weighted by molar-refractivity contribution is 8.14. The number of thioether (sulfide) groups is 1. The normalized spacial score (nSPS) is 11.2. The summed E-state index contributed by atoms with van der Waals surface area (Å²) in [5.74, 6) is -0.0769. The lowest BCUT2D eigenvalue weighted by Crippen LogP contribution is -2.04. The van der Waals surface area contributed by atoms with E-state index in [0.717, 1.165) is 36.0 Å². The first kappa shape index (κ1) is 21.7. The molecule has 154 valence electrons. The lowest BCUT2D eigenvalue weighted by molar-refractivity contribution is -0.385. The molecule has 0 radical (unpaired) electrons. The van der Waals surface area contributed by atoms with E-state index in [-0.39, 0.29) is 22.1 Å². The van der Waals surface area contributed by atoms with Gasteiger partial charge in [-0.3, -0.25) is 14.9 Å². The molecular weight excluding hydrogens is 443 g/mol. The molecule has 0 aromatic heterocycles. The van der Waals surface area contributed by atoms with Crippen molar-refractivity contribution in [2.75, 3.05) is 0 Å². The molecule has 0 aliphatic heterocycles. The number of ether oxygens (including phenoxy) is 1. The predicted octanol–water partition coefficient (Wildman–Crippen LogP) is 6.99. The molecule has 30 heavy (non-hydrogen) atoms. The summed E-state index contributed by atoms with van der Waals surface area (Å²) in [6, 6.07) is 14.6. The zero-order chi connectivity index (χ0) is 21.9. The molecule has 0 heterocycles. The summed E-state index contributed by atoms with van der Waals surface area (Å²) in [6.07, 6.45) is -4.57. The number of benzene rings is 3. The minimum atomic E-state index is -4.57. The molecule has 0 spiro atoms. The van der Waals surface area contributed by atoms with E-state index in [2.05, 4.69) is 0 Å². The molecule has 0 aliphatic rings. The summed E-state index contributed by atoms with van der Waals surface area (Å²) in [7, 11) is 0. The number of nitro benzene ring substituents is 1. The van der Waals surface area contributed by atoms with E-state index in [1.165, 1.54) is 6.07 Å². The topological polar surface area (TPSA) is 69.4 Å². The van der Waals surface area contributed by atoms with E-state index in [4.69, 9.17) is 16.3 Å². The largest absolute Gasteiger partial charge is 0.456 e. The van der Waals surface area contributed by atoms with E-state index in [0.29, 0.717) is 11.0 Å². The Bertz CT molecular complexity index is 1110. The van der Waals surface area contributed by atoms with Crippen molar-refractivity contribution in [3.63, 3.8) is 0 Å². The lowest BCUT2D eigenvalue weighted by atomic mass is 10.2. The van der Waals surface area contributed by atoms with Crippen LogP contribution in [0, 0.1) is 10.1 Å². The van der Waals surface area contributed by atoms with Gasteiger partial charge < -0.3 is 4.74 Å². The summed E-state index contributed by atoms with van der Waals surface area (Å²) >= 11 is 6.67. The van der Waals surface area contributed by atoms with Crippen molar-refractivity contribution in [1.29, 1.82) is 0 Å². The van der Waals surface area contributed by atoms with Gasteiger partial charge in [0.15, 0.2) is 0 Å². The zero-order valence-corrected chi connectivity index (χ0v) is 16.4. The summed E-state index contributed by atoms with van der Waals surface area (Å²) in [4.78, 5) is 23.8. The summed E-state index contributed by atoms with van der Waals surface area (Å²) in [6.45, 7) is 0. The average molecular weight is 454 g/mol. The van der Waals surface area contributed by atoms with Crippen LogP contribution in [0.5, 0.6) is 11.5 Å². The Morgan fingerprint density at radius 1 is 1.03 bits per heavy atom. The highest BCUT2D eigenvalue weighted by atomic mass is 35.5. The van der Waals surface area contributed by atoms with Crippen LogP contribution in [-0.4, -0.2) is 10.0 Å². The molecule has 0 saturated carbocycles. The SMILES string of the molecule is O=C(Sc1ccccc1)c1cc(Oc2ccc(C(F)(F)F)cc2Cl)ccc1[N+](=O)[O-]. The number of nitro groups is 1. The van der Waals surface area contributed by atoms with Crippen molar-refractivity contribution in [1.82, 2.24) is 0 Å². The monoisotopic (exact) mass is 453 g/mol. The van der Waals surface area contributed by atoms with Crippen LogP contribution in [0.25, 0.3) is 0 Å². The van der Waals surface area contributed by atoms with Gasteiger partial charge in [0.25, 0.3) is 5.69 Å². The molecule has 10 heteroatoms. The fourth-order valence-corrected chi connectivity index (χ4v) is 3.44. The Labute approximate surface area is 177 Å². The Hall–Kier alpha value is -3.04. The molecular formula is C20H11ClF3NO4S. The van der Waals surface area contributed by atoms with Crippen molar-refractivity contribution < 1.29 is 27.6 Å². The van der Waals surface area contributed by atoms with Gasteiger partial charge in [-0.2, -0.15) is 13.2 Å². The highest BCUT2D eigenvalue weighted by Gasteiger charge is 2.31. The molecule has 0 atom stereocenters. The predicted molar refractivity (Wildman–Crippen MR) is 106 cm³/mol. The van der Waals surface area contributed by atoms with Crippen LogP contribution in [-0.2, 0) is 6.18 Å². The molecule has 0 N–H and O–H groups in total. The molecule has 0 saturated heterocycles. The molecule has 3 rings (SSSR count). The second kappa shape index (κ2) is 8.76. The maximum atomic E-state index is 12.8. The molecule has 3 aromatic carbocycles. The highest BCUT2D eigenvalue weighted by Crippen LogP contribution is 2.38. The number of carbonyl (C=O) groups is 1. The van der Waals surface area contributed by atoms with Crippen LogP contribution >= 0.6 is 23.4 Å². The van der Waals surface area contributed by atoms with E-state index < -0.39 is 27.5 Å². The first-order valence-corrected chi connectivity index (χ1v) is 9.45. The van der Waals surface area contributed by atoms with Crippen LogP contribution in [0.4, 0.5) is 18.9 Å². The summed E-state index contributed by atoms with van der Waals surface area (Å²) < 4.78 is 43.8. The third-order valence-electron chi connectivity index (χ3n) is 3.83. The zero-order valence-electron chi connectivity index (χ0n) is 14.9. The van der Waals surface area contributed by atoms with Gasteiger partial charge in [-0.05, 0) is 54.2 Å². The number of hydrogen-bond acceptors (Lipinski definition) is 5. The fraction of sp³-hybridized carbons (Fsp3) is 0.0500. The number of halogens is 4. The van der Waals surface area contributed by atoms with Gasteiger partial charge in [-0.1, -0.05) is 29.8 Å². The van der Waals surface area contributed by atoms with E-state index in [9.17, 15) is 28.1 Å². The average Bonchev–Trinajstić information content (AvgIpc) is 2.69. The van der Waals surface area contributed by atoms with Gasteiger partial charge in [0.2, 0.25) is 5.12 Å². The van der Waals surface area contributed by atoms with Crippen molar-refractivity contribution in [3.8, 4) is 11.5 Å². The number of hydrogen-bond donors (Lipinski definition) is 0. The van der Waals surface area contributed by atoms with Gasteiger partial charge in [0, 0.05) is 11.0 Å². The van der Waals surface area contributed by atoms with Crippen molar-refractivity contribution in [2.24, 2.45) is 0 Å². The third-order valence-corrected chi connectivity index (χ3v) is 5.03. The molecule has 3 aromatic rings. The molecule has 5 nitrogen and oxygen atoms in total. The van der Waals surface area contributed by atoms with Crippen LogP contribution in [0.2, 0.25) is 5.02 Å². The minimum absolute atomic E-state index is 0.0132. The van der Waals surface area contributed by atoms with Crippen molar-refractivity contribution in [2.45, 2.75) is 11.1 Å². The Morgan fingerprint density at radius 3 is 2.33 bits per heavy atom. The van der Waals surface area contributed by atoms with Gasteiger partial charge in [0.05, 0.1) is 15.5 Å². The summed E-state index contributed by atoms with van der Waals surface area (Å²) in [5.41, 5.74) is -1.58. The number of alkyl halides is 3. The molecule has 0 aliphatic carbocycles. The maximum Gasteiger partial charge on any atom is 0.416 e. The second-order valence-corrected chi connectivity index (χ2v) is 7.34. The van der Waals surface area contributed by atoms with Crippen LogP contribution in [0.15, 0.2) is 71.6 Å². The third kappa shape index (κ3) is 5.11. The second-order valence-electron chi connectivity index (χ2n) is 5.88. The Kier molecular flexibility index (Phi) is 6.33. The Balaban J connectivity index is 1.91. The standard InChI is InChI=1S/C20H11ClF3NO4S/c21-16-10-12(20(22,23)24)6-9-18(16)29-13-7-8-17(25(27)28)15(11-13)19(26)30-14-4-2-1-3-5-14/h1-11H. The quantitative estimate of drug-likeness (QED) is 0.236. The number of nitrogens with zero attached hydrogens (tertiary/aromatic N) is 1. The molecule has 0 unspecified atom stereocenters.